The Hall–Kier alpha value is -1.14. The lowest BCUT2D eigenvalue weighted by molar-refractivity contribution is -0.124. The van der Waals surface area contributed by atoms with Crippen LogP contribution in [0.5, 0.6) is 0 Å². The van der Waals surface area contributed by atoms with Gasteiger partial charge in [-0.1, -0.05) is 206 Å². The first-order valence-electron chi connectivity index (χ1n) is 22.2. The lowest BCUT2D eigenvalue weighted by atomic mass is 10.0. The highest BCUT2D eigenvalue weighted by molar-refractivity contribution is 5.83. The maximum absolute atomic E-state index is 12.5. The largest absolute Gasteiger partial charge is 0.356 e. The molecule has 0 saturated heterocycles. The molecule has 0 aromatic heterocycles. The molecule has 6 nitrogen and oxygen atoms in total. The summed E-state index contributed by atoms with van der Waals surface area (Å²) >= 11 is 0. The molecule has 5 N–H and O–H groups in total. The molecule has 0 bridgehead atoms. The third-order valence-electron chi connectivity index (χ3n) is 9.65. The van der Waals surface area contributed by atoms with Gasteiger partial charge < -0.3 is 10.6 Å². The van der Waals surface area contributed by atoms with E-state index in [0.717, 1.165) is 38.5 Å². The van der Waals surface area contributed by atoms with Crippen molar-refractivity contribution in [1.29, 1.82) is 0 Å². The standard InChI is InChI=1S/C41H84N4O2/c1-3-5-7-9-11-13-15-17-19-21-23-25-27-29-31-33-37-43-40(46)36-35-39(45-42)41(47)44-38-34-32-30-28-26-24-22-20-18-16-14-12-10-8-6-4-2/h39,45H,3-38,42H2,1-2H3,(H,43,46)(H,44,47)/t39-/m0/s1/i1D,2D. The normalized spacial score (nSPS) is 12.5. The van der Waals surface area contributed by atoms with Gasteiger partial charge in [-0.05, 0) is 19.3 Å². The van der Waals surface area contributed by atoms with E-state index >= 15 is 0 Å². The van der Waals surface area contributed by atoms with E-state index in [-0.39, 0.29) is 11.8 Å². The number of carbonyl (C=O) groups is 2. The van der Waals surface area contributed by atoms with Gasteiger partial charge in [-0.25, -0.2) is 5.43 Å². The van der Waals surface area contributed by atoms with Crippen molar-refractivity contribution in [2.75, 3.05) is 13.1 Å². The highest BCUT2D eigenvalue weighted by Gasteiger charge is 2.17. The summed E-state index contributed by atoms with van der Waals surface area (Å²) in [7, 11) is 0. The molecule has 0 aromatic rings. The zero-order valence-electron chi connectivity index (χ0n) is 33.3. The smallest absolute Gasteiger partial charge is 0.238 e. The highest BCUT2D eigenvalue weighted by Crippen LogP contribution is 2.15. The number of nitrogens with one attached hydrogen (secondary N) is 3. The number of hydrogen-bond acceptors (Lipinski definition) is 4. The Morgan fingerprint density at radius 2 is 0.766 bits per heavy atom. The third kappa shape index (κ3) is 36.0. The predicted octanol–water partition coefficient (Wildman–Crippen LogP) is 11.4. The van der Waals surface area contributed by atoms with Crippen LogP contribution in [0.1, 0.15) is 235 Å². The van der Waals surface area contributed by atoms with Gasteiger partial charge in [0, 0.05) is 22.3 Å². The van der Waals surface area contributed by atoms with Gasteiger partial charge in [0.1, 0.15) is 6.04 Å². The van der Waals surface area contributed by atoms with Crippen molar-refractivity contribution in [3.8, 4) is 0 Å². The first kappa shape index (κ1) is 42.0. The zero-order chi connectivity index (χ0) is 35.7. The van der Waals surface area contributed by atoms with E-state index in [0.29, 0.717) is 39.7 Å². The quantitative estimate of drug-likeness (QED) is 0.0298. The predicted molar refractivity (Wildman–Crippen MR) is 205 cm³/mol. The van der Waals surface area contributed by atoms with Gasteiger partial charge in [0.15, 0.2) is 0 Å². The molecule has 0 fully saturated rings. The molecule has 0 heterocycles. The van der Waals surface area contributed by atoms with E-state index in [1.165, 1.54) is 167 Å². The minimum absolute atomic E-state index is 0.000165. The minimum atomic E-state index is -0.528. The van der Waals surface area contributed by atoms with Gasteiger partial charge in [-0.3, -0.25) is 15.4 Å². The number of amides is 2. The van der Waals surface area contributed by atoms with Crippen molar-refractivity contribution in [2.24, 2.45) is 5.84 Å². The zero-order valence-corrected chi connectivity index (χ0v) is 31.3. The van der Waals surface area contributed by atoms with E-state index in [1.807, 2.05) is 0 Å². The fraction of sp³-hybridized carbons (Fsp3) is 0.951. The molecule has 0 aliphatic rings. The fourth-order valence-corrected chi connectivity index (χ4v) is 6.42. The molecule has 0 radical (unpaired) electrons. The van der Waals surface area contributed by atoms with Gasteiger partial charge in [0.25, 0.3) is 0 Å². The molecule has 2 amide bonds. The Kier molecular flexibility index (Phi) is 35.1. The van der Waals surface area contributed by atoms with Gasteiger partial charge in [-0.2, -0.15) is 0 Å². The SMILES string of the molecule is [2H]CCCCCCCCCCCCCCCCCCNC(=O)CC[C@H](NN)C(=O)NCCCCCCCCCCCCCCCCCC[2H]. The van der Waals surface area contributed by atoms with Gasteiger partial charge >= 0.3 is 0 Å². The Bertz CT molecular complexity index is 686. The lowest BCUT2D eigenvalue weighted by Gasteiger charge is -2.15. The second kappa shape index (κ2) is 39.3. The van der Waals surface area contributed by atoms with Crippen molar-refractivity contribution in [3.63, 3.8) is 0 Å². The van der Waals surface area contributed by atoms with Crippen molar-refractivity contribution >= 4 is 11.8 Å². The van der Waals surface area contributed by atoms with Crippen molar-refractivity contribution in [2.45, 2.75) is 238 Å². The van der Waals surface area contributed by atoms with Crippen LogP contribution in [-0.4, -0.2) is 30.9 Å². The fourth-order valence-electron chi connectivity index (χ4n) is 6.42. The summed E-state index contributed by atoms with van der Waals surface area (Å²) in [5.41, 5.74) is 2.59. The molecule has 0 spiro atoms. The van der Waals surface area contributed by atoms with Crippen molar-refractivity contribution < 1.29 is 12.3 Å². The van der Waals surface area contributed by atoms with Crippen LogP contribution in [0.2, 0.25) is 0 Å². The van der Waals surface area contributed by atoms with Crippen molar-refractivity contribution in [1.82, 2.24) is 16.1 Å². The number of rotatable bonds is 39. The van der Waals surface area contributed by atoms with Crippen LogP contribution in [0.3, 0.4) is 0 Å². The molecular weight excluding hydrogens is 580 g/mol. The molecule has 47 heavy (non-hydrogen) atoms. The summed E-state index contributed by atoms with van der Waals surface area (Å²) in [5.74, 6) is 5.52. The average Bonchev–Trinajstić information content (AvgIpc) is 3.10. The number of nitrogens with two attached hydrogens (primary N) is 1. The van der Waals surface area contributed by atoms with Crippen LogP contribution >= 0.6 is 0 Å². The highest BCUT2D eigenvalue weighted by atomic mass is 16.2. The molecule has 0 aliphatic carbocycles. The molecule has 280 valence electrons. The minimum Gasteiger partial charge on any atom is -0.356 e. The number of hydrogen-bond donors (Lipinski definition) is 4. The van der Waals surface area contributed by atoms with Crippen LogP contribution in [0, 0.1) is 0 Å². The van der Waals surface area contributed by atoms with Crippen LogP contribution in [0.25, 0.3) is 0 Å². The van der Waals surface area contributed by atoms with E-state index in [9.17, 15) is 9.59 Å². The van der Waals surface area contributed by atoms with Gasteiger partial charge in [0.2, 0.25) is 11.8 Å². The molecule has 0 aliphatic heterocycles. The van der Waals surface area contributed by atoms with Crippen LogP contribution in [-0.2, 0) is 9.59 Å². The Morgan fingerprint density at radius 1 is 0.468 bits per heavy atom. The maximum Gasteiger partial charge on any atom is 0.238 e. The molecular formula is C41H84N4O2. The molecule has 0 unspecified atom stereocenters. The van der Waals surface area contributed by atoms with Crippen LogP contribution in [0.15, 0.2) is 0 Å². The Balaban J connectivity index is 3.46. The van der Waals surface area contributed by atoms with Gasteiger partial charge in [-0.15, -0.1) is 0 Å². The summed E-state index contributed by atoms with van der Waals surface area (Å²) in [6, 6.07) is -0.528. The number of carbonyl (C=O) groups excluding carboxylic acids is 2. The van der Waals surface area contributed by atoms with E-state index in [2.05, 4.69) is 16.1 Å². The number of hydrazine groups is 1. The average molecular weight is 667 g/mol. The molecule has 1 atom stereocenters. The summed E-state index contributed by atoms with van der Waals surface area (Å²) in [6.07, 6.45) is 41.9. The number of unbranched alkanes of at least 4 members (excludes halogenated alkanes) is 30. The summed E-state index contributed by atoms with van der Waals surface area (Å²) in [4.78, 5) is 24.8. The second-order valence-electron chi connectivity index (χ2n) is 14.2. The summed E-state index contributed by atoms with van der Waals surface area (Å²) < 4.78 is 14.3. The topological polar surface area (TPSA) is 96.2 Å². The molecule has 6 heteroatoms. The maximum atomic E-state index is 12.5. The molecule has 0 aromatic carbocycles. The van der Waals surface area contributed by atoms with Crippen molar-refractivity contribution in [3.05, 3.63) is 0 Å². The van der Waals surface area contributed by atoms with Crippen LogP contribution in [0.4, 0.5) is 0 Å². The molecule has 0 saturated carbocycles. The monoisotopic (exact) mass is 667 g/mol. The van der Waals surface area contributed by atoms with Gasteiger partial charge in [0.05, 0.1) is 0 Å². The second-order valence-corrected chi connectivity index (χ2v) is 14.2. The first-order valence-corrected chi connectivity index (χ1v) is 20.7. The Labute approximate surface area is 296 Å². The van der Waals surface area contributed by atoms with E-state index < -0.39 is 6.04 Å². The summed E-state index contributed by atoms with van der Waals surface area (Å²) in [6.45, 7) is 2.56. The summed E-state index contributed by atoms with van der Waals surface area (Å²) in [5, 5.41) is 6.00. The lowest BCUT2D eigenvalue weighted by Crippen LogP contribution is -2.48. The van der Waals surface area contributed by atoms with E-state index in [4.69, 9.17) is 8.58 Å². The third-order valence-corrected chi connectivity index (χ3v) is 9.65. The Morgan fingerprint density at radius 3 is 1.09 bits per heavy atom. The first-order chi connectivity index (χ1) is 24.2. The van der Waals surface area contributed by atoms with Crippen LogP contribution < -0.4 is 21.9 Å². The molecule has 0 rings (SSSR count). The van der Waals surface area contributed by atoms with E-state index in [1.54, 1.807) is 0 Å².